The molecule has 0 saturated heterocycles. The first-order valence-electron chi connectivity index (χ1n) is 7.07. The maximum Gasteiger partial charge on any atom is 0.124 e. The minimum atomic E-state index is -0.464. The summed E-state index contributed by atoms with van der Waals surface area (Å²) in [7, 11) is 1.65. The Kier molecular flexibility index (Phi) is 5.19. The van der Waals surface area contributed by atoms with Gasteiger partial charge < -0.3 is 9.84 Å². The molecule has 0 aliphatic heterocycles. The lowest BCUT2D eigenvalue weighted by atomic mass is 9.99. The standard InChI is InChI=1S/C18H22O2/c1-14-11-12-16(18(13-14)20-2)17(19)10-6-9-15-7-4-3-5-8-15/h3-5,7-8,11-13,17,19H,6,9-10H2,1-2H3. The van der Waals surface area contributed by atoms with Crippen molar-refractivity contribution in [3.63, 3.8) is 0 Å². The predicted octanol–water partition coefficient (Wildman–Crippen LogP) is 4.06. The van der Waals surface area contributed by atoms with Crippen LogP contribution in [0.1, 0.15) is 35.6 Å². The van der Waals surface area contributed by atoms with Gasteiger partial charge in [0.15, 0.2) is 0 Å². The monoisotopic (exact) mass is 270 g/mol. The number of methoxy groups -OCH3 is 1. The van der Waals surface area contributed by atoms with Gasteiger partial charge in [0.1, 0.15) is 5.75 Å². The van der Waals surface area contributed by atoms with E-state index in [-0.39, 0.29) is 0 Å². The van der Waals surface area contributed by atoms with E-state index >= 15 is 0 Å². The Hall–Kier alpha value is -1.80. The van der Waals surface area contributed by atoms with Crippen molar-refractivity contribution in [1.82, 2.24) is 0 Å². The van der Waals surface area contributed by atoms with Gasteiger partial charge in [0, 0.05) is 5.56 Å². The minimum Gasteiger partial charge on any atom is -0.496 e. The fourth-order valence-corrected chi connectivity index (χ4v) is 2.39. The lowest BCUT2D eigenvalue weighted by Gasteiger charge is -2.15. The fourth-order valence-electron chi connectivity index (χ4n) is 2.39. The molecule has 1 N–H and O–H groups in total. The van der Waals surface area contributed by atoms with Gasteiger partial charge in [0.2, 0.25) is 0 Å². The van der Waals surface area contributed by atoms with Gasteiger partial charge in [0.05, 0.1) is 13.2 Å². The number of aryl methyl sites for hydroxylation is 2. The largest absolute Gasteiger partial charge is 0.496 e. The normalized spacial score (nSPS) is 12.2. The highest BCUT2D eigenvalue weighted by molar-refractivity contribution is 5.38. The number of aliphatic hydroxyl groups is 1. The molecule has 0 fully saturated rings. The zero-order valence-corrected chi connectivity index (χ0v) is 12.2. The number of hydrogen-bond donors (Lipinski definition) is 1. The second-order valence-corrected chi connectivity index (χ2v) is 5.14. The van der Waals surface area contributed by atoms with Gasteiger partial charge in [-0.2, -0.15) is 0 Å². The Morgan fingerprint density at radius 3 is 2.55 bits per heavy atom. The van der Waals surface area contributed by atoms with Crippen molar-refractivity contribution < 1.29 is 9.84 Å². The quantitative estimate of drug-likeness (QED) is 0.857. The maximum atomic E-state index is 10.3. The molecule has 2 rings (SSSR count). The van der Waals surface area contributed by atoms with Gasteiger partial charge in [-0.25, -0.2) is 0 Å². The average molecular weight is 270 g/mol. The predicted molar refractivity (Wildman–Crippen MR) is 82.1 cm³/mol. The van der Waals surface area contributed by atoms with Crippen molar-refractivity contribution in [2.24, 2.45) is 0 Å². The third-order valence-electron chi connectivity index (χ3n) is 3.53. The third kappa shape index (κ3) is 3.84. The zero-order valence-electron chi connectivity index (χ0n) is 12.2. The van der Waals surface area contributed by atoms with Crippen LogP contribution in [0.2, 0.25) is 0 Å². The van der Waals surface area contributed by atoms with E-state index in [2.05, 4.69) is 24.3 Å². The van der Waals surface area contributed by atoms with Crippen molar-refractivity contribution in [3.05, 3.63) is 65.2 Å². The van der Waals surface area contributed by atoms with Crippen LogP contribution in [0.25, 0.3) is 0 Å². The molecule has 0 amide bonds. The molecule has 0 radical (unpaired) electrons. The van der Waals surface area contributed by atoms with Gasteiger partial charge in [-0.1, -0.05) is 42.5 Å². The SMILES string of the molecule is COc1cc(C)ccc1C(O)CCCc1ccccc1. The fraction of sp³-hybridized carbons (Fsp3) is 0.333. The number of benzene rings is 2. The molecule has 20 heavy (non-hydrogen) atoms. The van der Waals surface area contributed by atoms with Gasteiger partial charge in [-0.15, -0.1) is 0 Å². The molecule has 0 bridgehead atoms. The van der Waals surface area contributed by atoms with Crippen molar-refractivity contribution in [3.8, 4) is 5.75 Å². The van der Waals surface area contributed by atoms with E-state index in [4.69, 9.17) is 4.74 Å². The van der Waals surface area contributed by atoms with Crippen LogP contribution in [0, 0.1) is 6.92 Å². The summed E-state index contributed by atoms with van der Waals surface area (Å²) < 4.78 is 5.35. The van der Waals surface area contributed by atoms with E-state index < -0.39 is 6.10 Å². The van der Waals surface area contributed by atoms with Crippen LogP contribution in [-0.4, -0.2) is 12.2 Å². The Morgan fingerprint density at radius 2 is 1.85 bits per heavy atom. The zero-order chi connectivity index (χ0) is 14.4. The molecule has 0 spiro atoms. The molecular formula is C18H22O2. The first-order chi connectivity index (χ1) is 9.70. The topological polar surface area (TPSA) is 29.5 Å². The minimum absolute atomic E-state index is 0.464. The molecule has 2 aromatic carbocycles. The lowest BCUT2D eigenvalue weighted by molar-refractivity contribution is 0.160. The van der Waals surface area contributed by atoms with Crippen molar-refractivity contribution >= 4 is 0 Å². The first-order valence-corrected chi connectivity index (χ1v) is 7.07. The maximum absolute atomic E-state index is 10.3. The van der Waals surface area contributed by atoms with Crippen LogP contribution in [-0.2, 0) is 6.42 Å². The molecule has 1 atom stereocenters. The third-order valence-corrected chi connectivity index (χ3v) is 3.53. The van der Waals surface area contributed by atoms with E-state index in [9.17, 15) is 5.11 Å². The van der Waals surface area contributed by atoms with E-state index in [1.54, 1.807) is 7.11 Å². The van der Waals surface area contributed by atoms with E-state index in [0.717, 1.165) is 36.1 Å². The van der Waals surface area contributed by atoms with Gasteiger partial charge in [0.25, 0.3) is 0 Å². The molecule has 106 valence electrons. The van der Waals surface area contributed by atoms with Crippen LogP contribution in [0.3, 0.4) is 0 Å². The Labute approximate surface area is 121 Å². The lowest BCUT2D eigenvalue weighted by Crippen LogP contribution is -2.02. The Bertz CT molecular complexity index is 534. The average Bonchev–Trinajstić information content (AvgIpc) is 2.48. The van der Waals surface area contributed by atoms with Crippen molar-refractivity contribution in [1.29, 1.82) is 0 Å². The van der Waals surface area contributed by atoms with Gasteiger partial charge in [-0.05, 0) is 43.4 Å². The molecule has 0 aromatic heterocycles. The smallest absolute Gasteiger partial charge is 0.124 e. The summed E-state index contributed by atoms with van der Waals surface area (Å²) in [5, 5.41) is 10.3. The molecule has 0 aliphatic carbocycles. The molecular weight excluding hydrogens is 248 g/mol. The van der Waals surface area contributed by atoms with Crippen molar-refractivity contribution in [2.75, 3.05) is 7.11 Å². The Morgan fingerprint density at radius 1 is 1.10 bits per heavy atom. The number of ether oxygens (including phenoxy) is 1. The van der Waals surface area contributed by atoms with Crippen LogP contribution in [0.5, 0.6) is 5.75 Å². The molecule has 1 unspecified atom stereocenters. The second-order valence-electron chi connectivity index (χ2n) is 5.14. The summed E-state index contributed by atoms with van der Waals surface area (Å²) in [6.45, 7) is 2.02. The van der Waals surface area contributed by atoms with Crippen molar-refractivity contribution in [2.45, 2.75) is 32.3 Å². The highest BCUT2D eigenvalue weighted by atomic mass is 16.5. The summed E-state index contributed by atoms with van der Waals surface area (Å²) in [6.07, 6.45) is 2.23. The van der Waals surface area contributed by atoms with E-state index in [1.165, 1.54) is 5.56 Å². The summed E-state index contributed by atoms with van der Waals surface area (Å²) in [5.74, 6) is 0.775. The van der Waals surface area contributed by atoms with Crippen LogP contribution >= 0.6 is 0 Å². The summed E-state index contributed by atoms with van der Waals surface area (Å²) >= 11 is 0. The molecule has 2 nitrogen and oxygen atoms in total. The molecule has 2 aromatic rings. The summed E-state index contributed by atoms with van der Waals surface area (Å²) in [5.41, 5.74) is 3.34. The van der Waals surface area contributed by atoms with Gasteiger partial charge >= 0.3 is 0 Å². The molecule has 0 aliphatic rings. The summed E-state index contributed by atoms with van der Waals surface area (Å²) in [4.78, 5) is 0. The molecule has 0 saturated carbocycles. The second kappa shape index (κ2) is 7.11. The van der Waals surface area contributed by atoms with Crippen LogP contribution in [0.4, 0.5) is 0 Å². The van der Waals surface area contributed by atoms with Gasteiger partial charge in [-0.3, -0.25) is 0 Å². The highest BCUT2D eigenvalue weighted by Crippen LogP contribution is 2.29. The van der Waals surface area contributed by atoms with Crippen LogP contribution < -0.4 is 4.74 Å². The molecule has 2 heteroatoms. The first kappa shape index (κ1) is 14.6. The number of hydrogen-bond acceptors (Lipinski definition) is 2. The Balaban J connectivity index is 1.93. The highest BCUT2D eigenvalue weighted by Gasteiger charge is 2.13. The summed E-state index contributed by atoms with van der Waals surface area (Å²) in [6, 6.07) is 16.3. The number of rotatable bonds is 6. The number of aliphatic hydroxyl groups excluding tert-OH is 1. The van der Waals surface area contributed by atoms with Crippen LogP contribution in [0.15, 0.2) is 48.5 Å². The van der Waals surface area contributed by atoms with E-state index in [1.807, 2.05) is 31.2 Å². The van der Waals surface area contributed by atoms with E-state index in [0.29, 0.717) is 0 Å². The molecule has 0 heterocycles.